The molecule has 0 aromatic rings. The molecule has 19 heavy (non-hydrogen) atoms. The Bertz CT molecular complexity index is 424. The molecule has 0 saturated carbocycles. The molecule has 0 amide bonds. The van der Waals surface area contributed by atoms with E-state index in [1.807, 2.05) is 6.92 Å². The topological polar surface area (TPSA) is 118 Å². The van der Waals surface area contributed by atoms with Crippen molar-refractivity contribution in [3.63, 3.8) is 0 Å². The molecule has 0 heterocycles. The molecule has 1 unspecified atom stereocenters. The van der Waals surface area contributed by atoms with Gasteiger partial charge < -0.3 is 9.84 Å². The minimum atomic E-state index is -4.79. The number of rotatable bonds is 9. The molecule has 0 radical (unpaired) electrons. The fourth-order valence-electron chi connectivity index (χ4n) is 1.20. The maximum Gasteiger partial charge on any atom is 0.327 e. The van der Waals surface area contributed by atoms with Gasteiger partial charge in [-0.25, -0.2) is 0 Å². The molecule has 0 aromatic carbocycles. The Morgan fingerprint density at radius 3 is 2.42 bits per heavy atom. The van der Waals surface area contributed by atoms with Crippen molar-refractivity contribution >= 4 is 22.1 Å². The Morgan fingerprint density at radius 2 is 1.95 bits per heavy atom. The second-order valence-corrected chi connectivity index (χ2v) is 5.44. The number of esters is 1. The van der Waals surface area contributed by atoms with Gasteiger partial charge in [-0.1, -0.05) is 31.9 Å². The van der Waals surface area contributed by atoms with Gasteiger partial charge in [0.2, 0.25) is 0 Å². The Hall–Kier alpha value is -1.41. The first-order valence-electron chi connectivity index (χ1n) is 5.78. The SMILES string of the molecule is CCCCC=CCOC(=O)C(CC(=O)O)S(=O)(=O)O. The number of carbonyl (C=O) groups excluding carboxylic acids is 1. The summed E-state index contributed by atoms with van der Waals surface area (Å²) in [7, 11) is -4.79. The number of ether oxygens (including phenoxy) is 1. The molecular weight excluding hydrogens is 276 g/mol. The van der Waals surface area contributed by atoms with Crippen molar-refractivity contribution in [2.45, 2.75) is 37.9 Å². The van der Waals surface area contributed by atoms with Crippen molar-refractivity contribution in [2.75, 3.05) is 6.61 Å². The van der Waals surface area contributed by atoms with Crippen molar-refractivity contribution in [3.8, 4) is 0 Å². The molecule has 1 atom stereocenters. The van der Waals surface area contributed by atoms with E-state index in [1.165, 1.54) is 6.08 Å². The first-order valence-corrected chi connectivity index (χ1v) is 7.29. The number of hydrogen-bond donors (Lipinski definition) is 2. The summed E-state index contributed by atoms with van der Waals surface area (Å²) >= 11 is 0. The van der Waals surface area contributed by atoms with E-state index in [1.54, 1.807) is 6.08 Å². The van der Waals surface area contributed by atoms with Gasteiger partial charge in [0.05, 0.1) is 6.42 Å². The van der Waals surface area contributed by atoms with Gasteiger partial charge in [0.25, 0.3) is 10.1 Å². The number of carboxylic acids is 1. The Balaban J connectivity index is 4.35. The Morgan fingerprint density at radius 1 is 1.32 bits per heavy atom. The fourth-order valence-corrected chi connectivity index (χ4v) is 1.86. The predicted octanol–water partition coefficient (Wildman–Crippen LogP) is 1.01. The van der Waals surface area contributed by atoms with Crippen LogP contribution in [0.15, 0.2) is 12.2 Å². The summed E-state index contributed by atoms with van der Waals surface area (Å²) in [5.41, 5.74) is 0. The van der Waals surface area contributed by atoms with E-state index in [4.69, 9.17) is 9.66 Å². The predicted molar refractivity (Wildman–Crippen MR) is 67.2 cm³/mol. The first kappa shape index (κ1) is 17.6. The molecule has 0 aromatic heterocycles. The second kappa shape index (κ2) is 8.65. The number of unbranched alkanes of at least 4 members (excludes halogenated alkanes) is 2. The van der Waals surface area contributed by atoms with Crippen LogP contribution in [0.3, 0.4) is 0 Å². The highest BCUT2D eigenvalue weighted by molar-refractivity contribution is 7.87. The van der Waals surface area contributed by atoms with E-state index in [2.05, 4.69) is 4.74 Å². The third-order valence-corrected chi connectivity index (χ3v) is 3.27. The van der Waals surface area contributed by atoms with Crippen LogP contribution in [0, 0.1) is 0 Å². The van der Waals surface area contributed by atoms with E-state index in [0.717, 1.165) is 19.3 Å². The number of carboxylic acid groups (broad SMARTS) is 1. The van der Waals surface area contributed by atoms with E-state index in [9.17, 15) is 18.0 Å². The van der Waals surface area contributed by atoms with Gasteiger partial charge >= 0.3 is 11.9 Å². The van der Waals surface area contributed by atoms with Crippen LogP contribution in [0.2, 0.25) is 0 Å². The highest BCUT2D eigenvalue weighted by Gasteiger charge is 2.34. The van der Waals surface area contributed by atoms with Crippen LogP contribution in [-0.2, 0) is 24.4 Å². The summed E-state index contributed by atoms with van der Waals surface area (Å²) in [6, 6.07) is 0. The average Bonchev–Trinajstić information content (AvgIpc) is 2.28. The van der Waals surface area contributed by atoms with Crippen molar-refractivity contribution in [2.24, 2.45) is 0 Å². The van der Waals surface area contributed by atoms with Gasteiger partial charge in [-0.15, -0.1) is 0 Å². The highest BCUT2D eigenvalue weighted by atomic mass is 32.2. The number of carbonyl (C=O) groups is 2. The fraction of sp³-hybridized carbons (Fsp3) is 0.636. The van der Waals surface area contributed by atoms with Crippen LogP contribution in [0.4, 0.5) is 0 Å². The van der Waals surface area contributed by atoms with E-state index < -0.39 is 33.7 Å². The molecular formula is C11H18O7S. The third kappa shape index (κ3) is 8.33. The molecule has 0 aliphatic carbocycles. The summed E-state index contributed by atoms with van der Waals surface area (Å²) in [6.45, 7) is 1.87. The Labute approximate surface area is 112 Å². The summed E-state index contributed by atoms with van der Waals surface area (Å²) in [5.74, 6) is -2.79. The zero-order valence-electron chi connectivity index (χ0n) is 10.6. The van der Waals surface area contributed by atoms with E-state index >= 15 is 0 Å². The molecule has 2 N–H and O–H groups in total. The molecule has 110 valence electrons. The van der Waals surface area contributed by atoms with Crippen molar-refractivity contribution in [1.29, 1.82) is 0 Å². The molecule has 0 fully saturated rings. The van der Waals surface area contributed by atoms with Crippen LogP contribution in [0.25, 0.3) is 0 Å². The molecule has 0 bridgehead atoms. The monoisotopic (exact) mass is 294 g/mol. The second-order valence-electron chi connectivity index (χ2n) is 3.85. The van der Waals surface area contributed by atoms with Gasteiger partial charge in [-0.2, -0.15) is 8.42 Å². The van der Waals surface area contributed by atoms with Crippen LogP contribution < -0.4 is 0 Å². The smallest absolute Gasteiger partial charge is 0.327 e. The molecule has 0 aliphatic heterocycles. The van der Waals surface area contributed by atoms with Crippen molar-refractivity contribution in [1.82, 2.24) is 0 Å². The standard InChI is InChI=1S/C11H18O7S/c1-2-3-4-5-6-7-18-11(14)9(8-10(12)13)19(15,16)17/h5-6,9H,2-4,7-8H2,1H3,(H,12,13)(H,15,16,17). The maximum absolute atomic E-state index is 11.4. The molecule has 0 saturated heterocycles. The lowest BCUT2D eigenvalue weighted by Gasteiger charge is -2.10. The maximum atomic E-state index is 11.4. The lowest BCUT2D eigenvalue weighted by Crippen LogP contribution is -2.33. The zero-order chi connectivity index (χ0) is 14.9. The van der Waals surface area contributed by atoms with Crippen LogP contribution in [0.5, 0.6) is 0 Å². The molecule has 7 nitrogen and oxygen atoms in total. The number of hydrogen-bond acceptors (Lipinski definition) is 5. The van der Waals surface area contributed by atoms with Gasteiger partial charge in [-0.05, 0) is 6.42 Å². The minimum Gasteiger partial charge on any atom is -0.481 e. The first-order chi connectivity index (χ1) is 8.79. The Kier molecular flexibility index (Phi) is 8.01. The van der Waals surface area contributed by atoms with Crippen molar-refractivity contribution < 1.29 is 32.4 Å². The lowest BCUT2D eigenvalue weighted by molar-refractivity contribution is -0.146. The quantitative estimate of drug-likeness (QED) is 0.282. The minimum absolute atomic E-state index is 0.159. The van der Waals surface area contributed by atoms with Crippen molar-refractivity contribution in [3.05, 3.63) is 12.2 Å². The highest BCUT2D eigenvalue weighted by Crippen LogP contribution is 2.07. The van der Waals surface area contributed by atoms with Gasteiger partial charge in [0, 0.05) is 0 Å². The molecule has 0 spiro atoms. The number of allylic oxidation sites excluding steroid dienone is 1. The summed E-state index contributed by atoms with van der Waals surface area (Å²) < 4.78 is 35.1. The lowest BCUT2D eigenvalue weighted by atomic mass is 10.2. The summed E-state index contributed by atoms with van der Waals surface area (Å²) in [6.07, 6.45) is 5.10. The largest absolute Gasteiger partial charge is 0.481 e. The van der Waals surface area contributed by atoms with Gasteiger partial charge in [0.15, 0.2) is 5.25 Å². The summed E-state index contributed by atoms with van der Waals surface area (Å²) in [5, 5.41) is 6.38. The molecule has 0 aliphatic rings. The van der Waals surface area contributed by atoms with Crippen LogP contribution >= 0.6 is 0 Å². The van der Waals surface area contributed by atoms with Gasteiger partial charge in [0.1, 0.15) is 6.61 Å². The number of aliphatic carboxylic acids is 1. The zero-order valence-corrected chi connectivity index (χ0v) is 11.4. The third-order valence-electron chi connectivity index (χ3n) is 2.20. The van der Waals surface area contributed by atoms with Gasteiger partial charge in [-0.3, -0.25) is 14.1 Å². The molecule has 0 rings (SSSR count). The van der Waals surface area contributed by atoms with E-state index in [0.29, 0.717) is 0 Å². The normalized spacial score (nSPS) is 13.4. The van der Waals surface area contributed by atoms with Crippen LogP contribution in [-0.4, -0.2) is 41.9 Å². The van der Waals surface area contributed by atoms with E-state index in [-0.39, 0.29) is 6.61 Å². The summed E-state index contributed by atoms with van der Waals surface area (Å²) in [4.78, 5) is 21.8. The van der Waals surface area contributed by atoms with Crippen LogP contribution in [0.1, 0.15) is 32.6 Å². The molecule has 8 heteroatoms. The average molecular weight is 294 g/mol.